The van der Waals surface area contributed by atoms with Crippen LogP contribution in [0.25, 0.3) is 0 Å². The van der Waals surface area contributed by atoms with Gasteiger partial charge in [-0.25, -0.2) is 0 Å². The number of nitrogens with one attached hydrogen (secondary N) is 1. The lowest BCUT2D eigenvalue weighted by Crippen LogP contribution is -2.39. The third kappa shape index (κ3) is 3.05. The van der Waals surface area contributed by atoms with E-state index >= 15 is 0 Å². The summed E-state index contributed by atoms with van der Waals surface area (Å²) in [6.45, 7) is 3.03. The van der Waals surface area contributed by atoms with Crippen molar-refractivity contribution in [3.8, 4) is 0 Å². The van der Waals surface area contributed by atoms with E-state index < -0.39 is 0 Å². The normalized spacial score (nSPS) is 16.6. The molecular formula is C17H19N3O. The monoisotopic (exact) mass is 281 g/mol. The molecule has 0 saturated carbocycles. The first-order chi connectivity index (χ1) is 10.2. The smallest absolute Gasteiger partial charge is 0.239 e. The summed E-state index contributed by atoms with van der Waals surface area (Å²) in [4.78, 5) is 18.5. The molecule has 2 aromatic rings. The van der Waals surface area contributed by atoms with Gasteiger partial charge in [0.15, 0.2) is 0 Å². The number of benzene rings is 1. The van der Waals surface area contributed by atoms with Crippen molar-refractivity contribution >= 4 is 11.6 Å². The van der Waals surface area contributed by atoms with Crippen LogP contribution >= 0.6 is 0 Å². The molecule has 4 nitrogen and oxygen atoms in total. The molecule has 1 aliphatic rings. The highest BCUT2D eigenvalue weighted by Crippen LogP contribution is 2.31. The maximum absolute atomic E-state index is 12.1. The number of carbonyl (C=O) groups excluding carboxylic acids is 1. The fourth-order valence-corrected chi connectivity index (χ4v) is 2.77. The lowest BCUT2D eigenvalue weighted by molar-refractivity contribution is -0.120. The average molecular weight is 281 g/mol. The first kappa shape index (κ1) is 13.6. The Bertz CT molecular complexity index is 627. The van der Waals surface area contributed by atoms with E-state index in [1.54, 1.807) is 6.20 Å². The maximum atomic E-state index is 12.1. The van der Waals surface area contributed by atoms with Crippen molar-refractivity contribution in [2.75, 3.05) is 11.4 Å². The molecule has 1 aromatic carbocycles. The number of carbonyl (C=O) groups is 1. The summed E-state index contributed by atoms with van der Waals surface area (Å²) >= 11 is 0. The standard InChI is InChI=1S/C17H19N3O/c1-13-10-14-6-2-3-8-16(14)20(13)12-17(21)19-11-15-7-4-5-9-18-15/h2-9,13H,10-12H2,1H3,(H,19,21). The summed E-state index contributed by atoms with van der Waals surface area (Å²) in [5.41, 5.74) is 3.38. The van der Waals surface area contributed by atoms with Crippen LogP contribution < -0.4 is 10.2 Å². The molecule has 3 rings (SSSR count). The van der Waals surface area contributed by atoms with Crippen LogP contribution in [-0.4, -0.2) is 23.5 Å². The predicted octanol–water partition coefficient (Wildman–Crippen LogP) is 2.15. The minimum Gasteiger partial charge on any atom is -0.359 e. The second-order valence-corrected chi connectivity index (χ2v) is 5.41. The Morgan fingerprint density at radius 1 is 1.29 bits per heavy atom. The first-order valence-electron chi connectivity index (χ1n) is 7.25. The molecule has 0 saturated heterocycles. The molecule has 1 amide bonds. The highest BCUT2D eigenvalue weighted by Gasteiger charge is 2.26. The zero-order chi connectivity index (χ0) is 14.7. The van der Waals surface area contributed by atoms with Gasteiger partial charge < -0.3 is 10.2 Å². The van der Waals surface area contributed by atoms with E-state index in [0.29, 0.717) is 19.1 Å². The Labute approximate surface area is 124 Å². The minimum atomic E-state index is 0.0317. The lowest BCUT2D eigenvalue weighted by atomic mass is 10.1. The van der Waals surface area contributed by atoms with E-state index in [2.05, 4.69) is 40.3 Å². The average Bonchev–Trinajstić information content (AvgIpc) is 2.82. The Kier molecular flexibility index (Phi) is 3.86. The zero-order valence-electron chi connectivity index (χ0n) is 12.1. The van der Waals surface area contributed by atoms with E-state index in [1.807, 2.05) is 24.3 Å². The molecule has 2 heterocycles. The van der Waals surface area contributed by atoms with Crippen LogP contribution in [0.4, 0.5) is 5.69 Å². The second-order valence-electron chi connectivity index (χ2n) is 5.41. The van der Waals surface area contributed by atoms with Crippen molar-refractivity contribution in [1.29, 1.82) is 0 Å². The summed E-state index contributed by atoms with van der Waals surface area (Å²) in [6, 6.07) is 14.4. The summed E-state index contributed by atoms with van der Waals surface area (Å²) in [5, 5.41) is 2.93. The third-order valence-corrected chi connectivity index (χ3v) is 3.86. The number of hydrogen-bond donors (Lipinski definition) is 1. The van der Waals surface area contributed by atoms with Crippen molar-refractivity contribution in [2.24, 2.45) is 0 Å². The quantitative estimate of drug-likeness (QED) is 0.934. The third-order valence-electron chi connectivity index (χ3n) is 3.86. The number of anilines is 1. The van der Waals surface area contributed by atoms with Crippen LogP contribution in [0.1, 0.15) is 18.2 Å². The van der Waals surface area contributed by atoms with Crippen LogP contribution in [0.2, 0.25) is 0 Å². The molecule has 108 valence electrons. The Hall–Kier alpha value is -2.36. The minimum absolute atomic E-state index is 0.0317. The molecule has 0 bridgehead atoms. The molecule has 0 radical (unpaired) electrons. The summed E-state index contributed by atoms with van der Waals surface area (Å²) in [7, 11) is 0. The van der Waals surface area contributed by atoms with Crippen LogP contribution in [0.3, 0.4) is 0 Å². The van der Waals surface area contributed by atoms with Crippen molar-refractivity contribution in [1.82, 2.24) is 10.3 Å². The molecular weight excluding hydrogens is 262 g/mol. The molecule has 1 atom stereocenters. The molecule has 1 aromatic heterocycles. The van der Waals surface area contributed by atoms with Crippen molar-refractivity contribution in [3.05, 3.63) is 59.9 Å². The number of pyridine rings is 1. The van der Waals surface area contributed by atoms with E-state index in [-0.39, 0.29) is 5.91 Å². The van der Waals surface area contributed by atoms with Gasteiger partial charge in [0, 0.05) is 17.9 Å². The van der Waals surface area contributed by atoms with Crippen LogP contribution in [0, 0.1) is 0 Å². The molecule has 21 heavy (non-hydrogen) atoms. The number of rotatable bonds is 4. The van der Waals surface area contributed by atoms with E-state index in [4.69, 9.17) is 0 Å². The molecule has 0 spiro atoms. The van der Waals surface area contributed by atoms with Gasteiger partial charge in [-0.2, -0.15) is 0 Å². The van der Waals surface area contributed by atoms with Gasteiger partial charge in [-0.15, -0.1) is 0 Å². The first-order valence-corrected chi connectivity index (χ1v) is 7.25. The second kappa shape index (κ2) is 5.95. The largest absolute Gasteiger partial charge is 0.359 e. The van der Waals surface area contributed by atoms with E-state index in [0.717, 1.165) is 12.1 Å². The van der Waals surface area contributed by atoms with Crippen molar-refractivity contribution in [3.63, 3.8) is 0 Å². The number of hydrogen-bond acceptors (Lipinski definition) is 3. The number of amides is 1. The number of nitrogens with zero attached hydrogens (tertiary/aromatic N) is 2. The lowest BCUT2D eigenvalue weighted by Gasteiger charge is -2.24. The van der Waals surface area contributed by atoms with Crippen LogP contribution in [0.5, 0.6) is 0 Å². The summed E-state index contributed by atoms with van der Waals surface area (Å²) in [5.74, 6) is 0.0317. The van der Waals surface area contributed by atoms with Gasteiger partial charge in [-0.1, -0.05) is 24.3 Å². The highest BCUT2D eigenvalue weighted by molar-refractivity contribution is 5.82. The fourth-order valence-electron chi connectivity index (χ4n) is 2.77. The summed E-state index contributed by atoms with van der Waals surface area (Å²) in [6.07, 6.45) is 2.74. The molecule has 0 fully saturated rings. The zero-order valence-corrected chi connectivity index (χ0v) is 12.1. The van der Waals surface area contributed by atoms with E-state index in [1.165, 1.54) is 11.3 Å². The van der Waals surface area contributed by atoms with Gasteiger partial charge >= 0.3 is 0 Å². The molecule has 1 unspecified atom stereocenters. The number of aromatic nitrogens is 1. The Balaban J connectivity index is 1.60. The molecule has 0 aliphatic carbocycles. The van der Waals surface area contributed by atoms with Crippen LogP contribution in [-0.2, 0) is 17.8 Å². The summed E-state index contributed by atoms with van der Waals surface area (Å²) < 4.78 is 0. The topological polar surface area (TPSA) is 45.2 Å². The van der Waals surface area contributed by atoms with Gasteiger partial charge in [0.1, 0.15) is 0 Å². The van der Waals surface area contributed by atoms with Gasteiger partial charge in [0.25, 0.3) is 0 Å². The number of fused-ring (bicyclic) bond motifs is 1. The van der Waals surface area contributed by atoms with E-state index in [9.17, 15) is 4.79 Å². The molecule has 1 N–H and O–H groups in total. The van der Waals surface area contributed by atoms with Crippen LogP contribution in [0.15, 0.2) is 48.7 Å². The Morgan fingerprint density at radius 3 is 2.90 bits per heavy atom. The SMILES string of the molecule is CC1Cc2ccccc2N1CC(=O)NCc1ccccn1. The van der Waals surface area contributed by atoms with Gasteiger partial charge in [0.05, 0.1) is 18.8 Å². The molecule has 4 heteroatoms. The molecule has 1 aliphatic heterocycles. The predicted molar refractivity (Wildman–Crippen MR) is 83.0 cm³/mol. The fraction of sp³-hybridized carbons (Fsp3) is 0.294. The van der Waals surface area contributed by atoms with Gasteiger partial charge in [-0.05, 0) is 37.1 Å². The Morgan fingerprint density at radius 2 is 2.10 bits per heavy atom. The maximum Gasteiger partial charge on any atom is 0.239 e. The van der Waals surface area contributed by atoms with Crippen molar-refractivity contribution in [2.45, 2.75) is 25.9 Å². The van der Waals surface area contributed by atoms with Crippen molar-refractivity contribution < 1.29 is 4.79 Å². The highest BCUT2D eigenvalue weighted by atomic mass is 16.2. The van der Waals surface area contributed by atoms with Gasteiger partial charge in [-0.3, -0.25) is 9.78 Å². The van der Waals surface area contributed by atoms with Gasteiger partial charge in [0.2, 0.25) is 5.91 Å². The number of para-hydroxylation sites is 1.